The van der Waals surface area contributed by atoms with E-state index in [2.05, 4.69) is 36.9 Å². The number of methoxy groups -OCH3 is 1. The number of aliphatic imine (C=N–C) groups is 1. The summed E-state index contributed by atoms with van der Waals surface area (Å²) in [6.07, 6.45) is 1.67. The van der Waals surface area contributed by atoms with E-state index >= 15 is 0 Å². The minimum absolute atomic E-state index is 0.207. The third-order valence-electron chi connectivity index (χ3n) is 5.69. The van der Waals surface area contributed by atoms with Gasteiger partial charge in [0.1, 0.15) is 6.61 Å². The molecule has 1 heterocycles. The molecule has 0 saturated heterocycles. The third-order valence-corrected chi connectivity index (χ3v) is 6.77. The van der Waals surface area contributed by atoms with Crippen molar-refractivity contribution < 1.29 is 19.0 Å². The Kier molecular flexibility index (Phi) is 7.53. The van der Waals surface area contributed by atoms with Gasteiger partial charge >= 0.3 is 5.97 Å². The minimum Gasteiger partial charge on any atom is -0.493 e. The molecule has 37 heavy (non-hydrogen) atoms. The molecule has 0 aliphatic carbocycles. The zero-order valence-electron chi connectivity index (χ0n) is 19.8. The number of halogens is 2. The van der Waals surface area contributed by atoms with Gasteiger partial charge in [-0.25, -0.2) is 9.79 Å². The van der Waals surface area contributed by atoms with E-state index in [-0.39, 0.29) is 11.6 Å². The van der Waals surface area contributed by atoms with Gasteiger partial charge in [-0.2, -0.15) is 0 Å². The SMILES string of the molecule is COc1cc(/C=C2\N=C(c3ccc(-c4ccccc4)cc3)OC2=O)cc(Br)c1OCc1cccc(Br)c1. The average molecular weight is 619 g/mol. The Morgan fingerprint density at radius 2 is 1.59 bits per heavy atom. The molecule has 0 N–H and O–H groups in total. The molecule has 1 aliphatic heterocycles. The van der Waals surface area contributed by atoms with Crippen LogP contribution in [0, 0.1) is 0 Å². The van der Waals surface area contributed by atoms with Crippen molar-refractivity contribution in [1.82, 2.24) is 0 Å². The highest BCUT2D eigenvalue weighted by Gasteiger charge is 2.24. The summed E-state index contributed by atoms with van der Waals surface area (Å²) in [5.41, 5.74) is 4.86. The normalized spacial score (nSPS) is 13.9. The summed E-state index contributed by atoms with van der Waals surface area (Å²) in [7, 11) is 1.57. The largest absolute Gasteiger partial charge is 0.493 e. The van der Waals surface area contributed by atoms with Crippen molar-refractivity contribution in [2.75, 3.05) is 7.11 Å². The summed E-state index contributed by atoms with van der Waals surface area (Å²) in [6.45, 7) is 0.373. The highest BCUT2D eigenvalue weighted by molar-refractivity contribution is 9.10. The van der Waals surface area contributed by atoms with Crippen molar-refractivity contribution in [1.29, 1.82) is 0 Å². The number of benzene rings is 4. The van der Waals surface area contributed by atoms with Crippen molar-refractivity contribution in [2.24, 2.45) is 4.99 Å². The first-order valence-corrected chi connectivity index (χ1v) is 13.0. The second-order valence-corrected chi connectivity index (χ2v) is 10.0. The van der Waals surface area contributed by atoms with E-state index < -0.39 is 5.97 Å². The number of ether oxygens (including phenoxy) is 3. The fourth-order valence-corrected chi connectivity index (χ4v) is 4.89. The lowest BCUT2D eigenvalue weighted by Crippen LogP contribution is -2.05. The number of hydrogen-bond acceptors (Lipinski definition) is 5. The monoisotopic (exact) mass is 617 g/mol. The Morgan fingerprint density at radius 1 is 0.865 bits per heavy atom. The van der Waals surface area contributed by atoms with Gasteiger partial charge < -0.3 is 14.2 Å². The second kappa shape index (κ2) is 11.2. The maximum Gasteiger partial charge on any atom is 0.363 e. The van der Waals surface area contributed by atoms with E-state index in [1.165, 1.54) is 0 Å². The van der Waals surface area contributed by atoms with Crippen LogP contribution in [0.3, 0.4) is 0 Å². The molecule has 7 heteroatoms. The first-order chi connectivity index (χ1) is 18.0. The molecule has 0 spiro atoms. The Hall–Kier alpha value is -3.68. The minimum atomic E-state index is -0.507. The van der Waals surface area contributed by atoms with Crippen molar-refractivity contribution in [3.05, 3.63) is 122 Å². The van der Waals surface area contributed by atoms with Gasteiger partial charge in [-0.05, 0) is 80.7 Å². The first-order valence-electron chi connectivity index (χ1n) is 11.4. The van der Waals surface area contributed by atoms with Crippen LogP contribution in [-0.4, -0.2) is 19.0 Å². The van der Waals surface area contributed by atoms with Crippen molar-refractivity contribution in [2.45, 2.75) is 6.61 Å². The summed E-state index contributed by atoms with van der Waals surface area (Å²) in [5, 5.41) is 0. The van der Waals surface area contributed by atoms with E-state index in [1.54, 1.807) is 19.3 Å². The number of rotatable bonds is 7. The molecular weight excluding hydrogens is 598 g/mol. The summed E-state index contributed by atoms with van der Waals surface area (Å²) >= 11 is 7.04. The number of carbonyl (C=O) groups is 1. The standard InChI is InChI=1S/C30H21Br2NO4/c1-35-27-17-20(15-25(32)28(27)36-18-19-6-5-9-24(31)14-19)16-26-30(34)37-29(33-26)23-12-10-22(11-13-23)21-7-3-2-4-8-21/h2-17H,18H2,1H3/b26-16-. The van der Waals surface area contributed by atoms with E-state index in [9.17, 15) is 4.79 Å². The van der Waals surface area contributed by atoms with Gasteiger partial charge in [-0.15, -0.1) is 0 Å². The summed E-state index contributed by atoms with van der Waals surface area (Å²) in [4.78, 5) is 17.0. The van der Waals surface area contributed by atoms with Crippen LogP contribution < -0.4 is 9.47 Å². The predicted molar refractivity (Wildman–Crippen MR) is 152 cm³/mol. The molecule has 4 aromatic carbocycles. The zero-order valence-corrected chi connectivity index (χ0v) is 23.0. The smallest absolute Gasteiger partial charge is 0.363 e. The lowest BCUT2D eigenvalue weighted by molar-refractivity contribution is -0.129. The van der Waals surface area contributed by atoms with Crippen LogP contribution in [0.25, 0.3) is 17.2 Å². The summed E-state index contributed by atoms with van der Waals surface area (Å²) in [6, 6.07) is 29.4. The van der Waals surface area contributed by atoms with Crippen molar-refractivity contribution >= 4 is 49.8 Å². The van der Waals surface area contributed by atoms with Crippen molar-refractivity contribution in [3.63, 3.8) is 0 Å². The topological polar surface area (TPSA) is 57.1 Å². The maximum absolute atomic E-state index is 12.6. The molecule has 0 bridgehead atoms. The van der Waals surface area contributed by atoms with Gasteiger partial charge in [0.25, 0.3) is 0 Å². The molecule has 1 aliphatic rings. The highest BCUT2D eigenvalue weighted by Crippen LogP contribution is 2.38. The molecule has 0 radical (unpaired) electrons. The van der Waals surface area contributed by atoms with Crippen LogP contribution in [0.15, 0.2) is 111 Å². The number of carbonyl (C=O) groups excluding carboxylic acids is 1. The number of nitrogens with zero attached hydrogens (tertiary/aromatic N) is 1. The fraction of sp³-hybridized carbons (Fsp3) is 0.0667. The number of esters is 1. The van der Waals surface area contributed by atoms with Gasteiger partial charge in [0, 0.05) is 10.0 Å². The summed E-state index contributed by atoms with van der Waals surface area (Å²) in [5.74, 6) is 0.868. The zero-order chi connectivity index (χ0) is 25.8. The van der Waals surface area contributed by atoms with Gasteiger partial charge in [0.05, 0.1) is 11.6 Å². The molecule has 0 unspecified atom stereocenters. The molecule has 4 aromatic rings. The van der Waals surface area contributed by atoms with Gasteiger partial charge in [-0.3, -0.25) is 0 Å². The van der Waals surface area contributed by atoms with E-state index in [0.29, 0.717) is 22.6 Å². The molecule has 0 atom stereocenters. The van der Waals surface area contributed by atoms with Crippen molar-refractivity contribution in [3.8, 4) is 22.6 Å². The highest BCUT2D eigenvalue weighted by atomic mass is 79.9. The Balaban J connectivity index is 1.36. The molecule has 0 aromatic heterocycles. The predicted octanol–water partition coefficient (Wildman–Crippen LogP) is 7.81. The van der Waals surface area contributed by atoms with Crippen LogP contribution in [-0.2, 0) is 16.1 Å². The van der Waals surface area contributed by atoms with Gasteiger partial charge in [0.2, 0.25) is 5.90 Å². The van der Waals surface area contributed by atoms with Crippen LogP contribution in [0.5, 0.6) is 11.5 Å². The van der Waals surface area contributed by atoms with Crippen LogP contribution >= 0.6 is 31.9 Å². The van der Waals surface area contributed by atoms with Crippen LogP contribution in [0.4, 0.5) is 0 Å². The molecule has 5 nitrogen and oxygen atoms in total. The van der Waals surface area contributed by atoms with Crippen LogP contribution in [0.1, 0.15) is 16.7 Å². The lowest BCUT2D eigenvalue weighted by atomic mass is 10.0. The molecule has 5 rings (SSSR count). The molecular formula is C30H21Br2NO4. The quantitative estimate of drug-likeness (QED) is 0.157. The molecule has 0 fully saturated rings. The second-order valence-electron chi connectivity index (χ2n) is 8.23. The summed E-state index contributed by atoms with van der Waals surface area (Å²) < 4.78 is 18.7. The van der Waals surface area contributed by atoms with E-state index in [0.717, 1.165) is 32.3 Å². The molecule has 0 saturated carbocycles. The third kappa shape index (κ3) is 5.84. The lowest BCUT2D eigenvalue weighted by Gasteiger charge is -2.14. The maximum atomic E-state index is 12.6. The van der Waals surface area contributed by atoms with Crippen LogP contribution in [0.2, 0.25) is 0 Å². The molecule has 184 valence electrons. The van der Waals surface area contributed by atoms with Gasteiger partial charge in [-0.1, -0.05) is 70.5 Å². The first kappa shape index (κ1) is 25.0. The van der Waals surface area contributed by atoms with Gasteiger partial charge in [0.15, 0.2) is 17.2 Å². The Bertz CT molecular complexity index is 1510. The van der Waals surface area contributed by atoms with E-state index in [1.807, 2.05) is 84.9 Å². The fourth-order valence-electron chi connectivity index (χ4n) is 3.87. The number of cyclic esters (lactones) is 1. The Morgan fingerprint density at radius 3 is 2.32 bits per heavy atom. The number of hydrogen-bond donors (Lipinski definition) is 0. The molecule has 0 amide bonds. The average Bonchev–Trinajstić information content (AvgIpc) is 3.28. The van der Waals surface area contributed by atoms with E-state index in [4.69, 9.17) is 14.2 Å². The Labute approximate surface area is 231 Å².